The molecule has 7 heteroatoms. The molecule has 2 aromatic rings. The number of aromatic carboxylic acids is 2. The van der Waals surface area contributed by atoms with Gasteiger partial charge in [-0.05, 0) is 60.7 Å². The Morgan fingerprint density at radius 2 is 0.549 bits per heavy atom. The molecule has 0 unspecified atom stereocenters. The van der Waals surface area contributed by atoms with Gasteiger partial charge in [0, 0.05) is 0 Å². The van der Waals surface area contributed by atoms with Gasteiger partial charge in [-0.25, -0.2) is 9.59 Å². The van der Waals surface area contributed by atoms with E-state index in [4.69, 9.17) is 14.2 Å². The first-order valence-corrected chi connectivity index (χ1v) is 30.3. The average molecular weight is 990 g/mol. The Hall–Kier alpha value is -3.48. The molecule has 0 aromatic heterocycles. The summed E-state index contributed by atoms with van der Waals surface area (Å²) in [7, 11) is 0. The monoisotopic (exact) mass is 989 g/mol. The fraction of sp³-hybridized carbons (Fsp3) is 0.750. The van der Waals surface area contributed by atoms with Crippen LogP contribution in [0.1, 0.15) is 322 Å². The molecule has 71 heavy (non-hydrogen) atoms. The predicted octanol–water partition coefficient (Wildman–Crippen LogP) is 20.8. The van der Waals surface area contributed by atoms with E-state index in [0.717, 1.165) is 44.1 Å². The Morgan fingerprint density at radius 1 is 0.324 bits per heavy atom. The van der Waals surface area contributed by atoms with E-state index < -0.39 is 11.9 Å². The zero-order chi connectivity index (χ0) is 51.1. The van der Waals surface area contributed by atoms with Gasteiger partial charge in [0.25, 0.3) is 0 Å². The normalized spacial score (nSPS) is 11.5. The summed E-state index contributed by atoms with van der Waals surface area (Å²) in [6.07, 6.45) is 58.4. The zero-order valence-electron chi connectivity index (χ0n) is 46.3. The van der Waals surface area contributed by atoms with Gasteiger partial charge in [0.2, 0.25) is 5.75 Å². The first-order valence-electron chi connectivity index (χ1n) is 30.3. The van der Waals surface area contributed by atoms with Crippen LogP contribution in [0, 0.1) is 0 Å². The summed E-state index contributed by atoms with van der Waals surface area (Å²) >= 11 is 0. The molecule has 0 saturated heterocycles. The Kier molecular flexibility index (Phi) is 41.5. The largest absolute Gasteiger partial charge is 0.490 e. The Morgan fingerprint density at radius 3 is 0.803 bits per heavy atom. The molecule has 0 aliphatic heterocycles. The van der Waals surface area contributed by atoms with Crippen molar-refractivity contribution >= 4 is 24.1 Å². The number of carbonyl (C=O) groups is 2. The SMILES string of the molecule is CCCCCCCCCCCCCCCCOc1cc(/C=C/c2cc(C(=O)O)cc(C(=O)O)c2)cc(OCCCCCCCCCCCCCCCC)c1OCCCCCCCCCCCCCCCC. The molecular weight excluding hydrogens is 881 g/mol. The Labute approximate surface area is 436 Å². The van der Waals surface area contributed by atoms with Crippen LogP contribution >= 0.6 is 0 Å². The topological polar surface area (TPSA) is 102 Å². The minimum Gasteiger partial charge on any atom is -0.490 e. The van der Waals surface area contributed by atoms with Crippen LogP contribution in [0.15, 0.2) is 30.3 Å². The lowest BCUT2D eigenvalue weighted by molar-refractivity contribution is 0.0696. The lowest BCUT2D eigenvalue weighted by atomic mass is 10.0. The van der Waals surface area contributed by atoms with Crippen molar-refractivity contribution < 1.29 is 34.0 Å². The van der Waals surface area contributed by atoms with E-state index >= 15 is 0 Å². The van der Waals surface area contributed by atoms with Crippen molar-refractivity contribution in [1.29, 1.82) is 0 Å². The minimum absolute atomic E-state index is 0.0637. The molecule has 0 bridgehead atoms. The maximum atomic E-state index is 11.9. The highest BCUT2D eigenvalue weighted by Gasteiger charge is 2.17. The van der Waals surface area contributed by atoms with E-state index in [2.05, 4.69) is 20.8 Å². The van der Waals surface area contributed by atoms with E-state index in [0.29, 0.717) is 42.6 Å². The van der Waals surface area contributed by atoms with Gasteiger partial charge >= 0.3 is 11.9 Å². The van der Waals surface area contributed by atoms with Crippen LogP contribution in [0.2, 0.25) is 0 Å². The van der Waals surface area contributed by atoms with Crippen molar-refractivity contribution in [2.45, 2.75) is 290 Å². The molecule has 0 spiro atoms. The first-order chi connectivity index (χ1) is 34.9. The third-order valence-corrected chi connectivity index (χ3v) is 14.2. The number of rotatable bonds is 52. The molecule has 0 aliphatic carbocycles. The standard InChI is InChI=1S/C64H108O7/c1-4-7-10-13-16-19-22-25-28-31-34-37-40-43-48-69-60-53-57(47-46-56-51-58(63(65)66)55-59(52-56)64(67)68)54-61(70-49-44-41-38-35-32-29-26-23-20-17-14-11-8-5-2)62(60)71-50-45-42-39-36-33-30-27-24-21-18-15-12-9-6-3/h46-47,51-55H,4-45,48-50H2,1-3H3,(H,65,66)(H,67,68)/b47-46+. The molecular formula is C64H108O7. The molecule has 0 aliphatic rings. The van der Waals surface area contributed by atoms with Crippen LogP contribution < -0.4 is 14.2 Å². The second-order valence-electron chi connectivity index (χ2n) is 21.0. The quantitative estimate of drug-likeness (QED) is 0.0503. The van der Waals surface area contributed by atoms with Crippen LogP contribution in [-0.4, -0.2) is 42.0 Å². The molecule has 0 amide bonds. The molecule has 2 aromatic carbocycles. The molecule has 0 fully saturated rings. The van der Waals surface area contributed by atoms with Crippen molar-refractivity contribution in [3.8, 4) is 17.2 Å². The number of carboxylic acids is 2. The number of benzene rings is 2. The highest BCUT2D eigenvalue weighted by atomic mass is 16.5. The number of hydrogen-bond acceptors (Lipinski definition) is 5. The van der Waals surface area contributed by atoms with E-state index in [1.807, 2.05) is 18.2 Å². The average Bonchev–Trinajstić information content (AvgIpc) is 3.37. The predicted molar refractivity (Wildman–Crippen MR) is 303 cm³/mol. The number of carboxylic acid groups (broad SMARTS) is 2. The number of hydrogen-bond donors (Lipinski definition) is 2. The summed E-state index contributed by atoms with van der Waals surface area (Å²) in [6.45, 7) is 8.61. The van der Waals surface area contributed by atoms with Gasteiger partial charge in [-0.15, -0.1) is 0 Å². The van der Waals surface area contributed by atoms with Gasteiger partial charge < -0.3 is 24.4 Å². The van der Waals surface area contributed by atoms with Crippen LogP contribution in [0.4, 0.5) is 0 Å². The van der Waals surface area contributed by atoms with Gasteiger partial charge in [-0.1, -0.05) is 283 Å². The van der Waals surface area contributed by atoms with Gasteiger partial charge in [0.15, 0.2) is 11.5 Å². The molecule has 0 radical (unpaired) electrons. The van der Waals surface area contributed by atoms with Crippen molar-refractivity contribution in [2.75, 3.05) is 19.8 Å². The van der Waals surface area contributed by atoms with Gasteiger partial charge in [-0.3, -0.25) is 0 Å². The summed E-state index contributed by atoms with van der Waals surface area (Å²) in [5, 5.41) is 19.4. The highest BCUT2D eigenvalue weighted by Crippen LogP contribution is 2.40. The lowest BCUT2D eigenvalue weighted by Crippen LogP contribution is -2.07. The minimum atomic E-state index is -1.17. The van der Waals surface area contributed by atoms with Crippen LogP contribution in [0.5, 0.6) is 17.2 Å². The summed E-state index contributed by atoms with van der Waals surface area (Å²) < 4.78 is 19.8. The Balaban J connectivity index is 2.06. The fourth-order valence-corrected chi connectivity index (χ4v) is 9.67. The van der Waals surface area contributed by atoms with Crippen molar-refractivity contribution in [3.05, 3.63) is 52.6 Å². The maximum absolute atomic E-state index is 11.9. The fourth-order valence-electron chi connectivity index (χ4n) is 9.67. The third-order valence-electron chi connectivity index (χ3n) is 14.2. The number of ether oxygens (including phenoxy) is 3. The van der Waals surface area contributed by atoms with Crippen LogP contribution in [0.3, 0.4) is 0 Å². The molecule has 2 rings (SSSR count). The van der Waals surface area contributed by atoms with Gasteiger partial charge in [-0.2, -0.15) is 0 Å². The van der Waals surface area contributed by atoms with Gasteiger partial charge in [0.1, 0.15) is 0 Å². The Bertz CT molecular complexity index is 1510. The van der Waals surface area contributed by atoms with Crippen molar-refractivity contribution in [3.63, 3.8) is 0 Å². The van der Waals surface area contributed by atoms with Crippen LogP contribution in [0.25, 0.3) is 12.2 Å². The van der Waals surface area contributed by atoms with E-state index in [9.17, 15) is 19.8 Å². The van der Waals surface area contributed by atoms with E-state index in [1.165, 1.54) is 249 Å². The molecule has 0 atom stereocenters. The summed E-state index contributed by atoms with van der Waals surface area (Å²) in [5.41, 5.74) is 1.19. The van der Waals surface area contributed by atoms with Crippen molar-refractivity contribution in [2.24, 2.45) is 0 Å². The zero-order valence-corrected chi connectivity index (χ0v) is 46.3. The molecule has 2 N–H and O–H groups in total. The van der Waals surface area contributed by atoms with Crippen molar-refractivity contribution in [1.82, 2.24) is 0 Å². The maximum Gasteiger partial charge on any atom is 0.335 e. The molecule has 0 saturated carbocycles. The third kappa shape index (κ3) is 35.3. The van der Waals surface area contributed by atoms with Crippen LogP contribution in [-0.2, 0) is 0 Å². The molecule has 406 valence electrons. The lowest BCUT2D eigenvalue weighted by Gasteiger charge is -2.18. The smallest absolute Gasteiger partial charge is 0.335 e. The van der Waals surface area contributed by atoms with E-state index in [-0.39, 0.29) is 11.1 Å². The molecule has 0 heterocycles. The second-order valence-corrected chi connectivity index (χ2v) is 21.0. The summed E-state index contributed by atoms with van der Waals surface area (Å²) in [6, 6.07) is 8.16. The van der Waals surface area contributed by atoms with Gasteiger partial charge in [0.05, 0.1) is 30.9 Å². The number of unbranched alkanes of at least 4 members (excludes halogenated alkanes) is 39. The summed E-state index contributed by atoms with van der Waals surface area (Å²) in [4.78, 5) is 23.8. The van der Waals surface area contributed by atoms with E-state index in [1.54, 1.807) is 6.08 Å². The summed E-state index contributed by atoms with van der Waals surface area (Å²) in [5.74, 6) is -0.348. The first kappa shape index (κ1) is 63.6. The highest BCUT2D eigenvalue weighted by molar-refractivity contribution is 5.95. The second kappa shape index (κ2) is 46.3. The molecule has 7 nitrogen and oxygen atoms in total.